The van der Waals surface area contributed by atoms with Crippen LogP contribution in [0.1, 0.15) is 17.2 Å². The average molecular weight is 342 g/mol. The van der Waals surface area contributed by atoms with Gasteiger partial charge in [0.15, 0.2) is 0 Å². The Hall–Kier alpha value is -1.95. The van der Waals surface area contributed by atoms with E-state index in [2.05, 4.69) is 50.9 Å². The maximum absolute atomic E-state index is 6.18. The van der Waals surface area contributed by atoms with Gasteiger partial charge in [-0.15, -0.1) is 5.10 Å². The van der Waals surface area contributed by atoms with E-state index in [1.54, 1.807) is 4.68 Å². The van der Waals surface area contributed by atoms with Gasteiger partial charge in [-0.3, -0.25) is 4.90 Å². The first-order valence-corrected chi connectivity index (χ1v) is 8.57. The molecule has 1 aliphatic heterocycles. The van der Waals surface area contributed by atoms with Crippen LogP contribution in [0.3, 0.4) is 0 Å². The molecule has 1 atom stereocenters. The molecule has 1 N–H and O–H groups in total. The quantitative estimate of drug-likeness (QED) is 0.795. The molecule has 0 spiro atoms. The monoisotopic (exact) mass is 341 g/mol. The topological polar surface area (TPSA) is 46.0 Å². The van der Waals surface area contributed by atoms with Gasteiger partial charge in [-0.2, -0.15) is 0 Å². The van der Waals surface area contributed by atoms with Crippen LogP contribution in [0.15, 0.2) is 42.5 Å². The molecule has 2 heterocycles. The first kappa shape index (κ1) is 15.6. The molecule has 3 aromatic rings. The number of nitrogens with one attached hydrogen (secondary N) is 1. The lowest BCUT2D eigenvalue weighted by Crippen LogP contribution is -2.45. The molecule has 1 aromatic heterocycles. The summed E-state index contributed by atoms with van der Waals surface area (Å²) >= 11 is 6.18. The second-order valence-electron chi connectivity index (χ2n) is 6.28. The minimum atomic E-state index is 0.329. The number of piperazine rings is 1. The largest absolute Gasteiger partial charge is 0.314 e. The summed E-state index contributed by atoms with van der Waals surface area (Å²) in [5, 5.41) is 12.6. The minimum Gasteiger partial charge on any atom is -0.314 e. The highest BCUT2D eigenvalue weighted by atomic mass is 35.5. The molecule has 0 radical (unpaired) electrons. The average Bonchev–Trinajstić information content (AvgIpc) is 2.96. The number of rotatable bonds is 3. The van der Waals surface area contributed by atoms with E-state index < -0.39 is 0 Å². The smallest absolute Gasteiger partial charge is 0.113 e. The zero-order chi connectivity index (χ0) is 16.5. The number of fused-ring (bicyclic) bond motifs is 1. The molecule has 1 saturated heterocycles. The van der Waals surface area contributed by atoms with Crippen LogP contribution in [0.2, 0.25) is 5.02 Å². The molecular weight excluding hydrogens is 322 g/mol. The predicted octanol–water partition coefficient (Wildman–Crippen LogP) is 2.77. The maximum atomic E-state index is 6.18. The van der Waals surface area contributed by atoms with Crippen LogP contribution in [0.25, 0.3) is 11.0 Å². The zero-order valence-electron chi connectivity index (χ0n) is 13.6. The molecule has 0 bridgehead atoms. The normalized spacial score (nSPS) is 19.0. The van der Waals surface area contributed by atoms with Gasteiger partial charge in [0, 0.05) is 44.3 Å². The zero-order valence-corrected chi connectivity index (χ0v) is 14.4. The van der Waals surface area contributed by atoms with Gasteiger partial charge in [0.2, 0.25) is 0 Å². The fraction of sp³-hybridized carbons (Fsp3) is 0.333. The van der Waals surface area contributed by atoms with Crippen molar-refractivity contribution in [3.8, 4) is 0 Å². The summed E-state index contributed by atoms with van der Waals surface area (Å²) in [5.74, 6) is 0. The summed E-state index contributed by atoms with van der Waals surface area (Å²) in [4.78, 5) is 2.50. The molecule has 6 heteroatoms. The third kappa shape index (κ3) is 3.02. The van der Waals surface area contributed by atoms with Crippen molar-refractivity contribution >= 4 is 22.6 Å². The Morgan fingerprint density at radius 2 is 2.17 bits per heavy atom. The SMILES string of the molecule is Cn1nnc2cc(CN3CCNCC3c3cccc(Cl)c3)ccc21. The van der Waals surface area contributed by atoms with Crippen molar-refractivity contribution in [2.24, 2.45) is 7.05 Å². The second kappa shape index (κ2) is 6.51. The Labute approximate surface area is 146 Å². The van der Waals surface area contributed by atoms with Crippen molar-refractivity contribution in [1.29, 1.82) is 0 Å². The molecule has 24 heavy (non-hydrogen) atoms. The summed E-state index contributed by atoms with van der Waals surface area (Å²) < 4.78 is 1.80. The number of nitrogens with zero attached hydrogens (tertiary/aromatic N) is 4. The third-order valence-electron chi connectivity index (χ3n) is 4.65. The highest BCUT2D eigenvalue weighted by molar-refractivity contribution is 6.30. The molecule has 1 aliphatic rings. The molecule has 2 aromatic carbocycles. The summed E-state index contributed by atoms with van der Waals surface area (Å²) in [6.45, 7) is 3.85. The van der Waals surface area contributed by atoms with Crippen molar-refractivity contribution in [1.82, 2.24) is 25.2 Å². The van der Waals surface area contributed by atoms with Crippen LogP contribution >= 0.6 is 11.6 Å². The van der Waals surface area contributed by atoms with E-state index in [0.29, 0.717) is 6.04 Å². The van der Waals surface area contributed by atoms with Crippen molar-refractivity contribution in [2.45, 2.75) is 12.6 Å². The van der Waals surface area contributed by atoms with Gasteiger partial charge in [-0.25, -0.2) is 4.68 Å². The van der Waals surface area contributed by atoms with Crippen LogP contribution in [-0.4, -0.2) is 39.5 Å². The van der Waals surface area contributed by atoms with Gasteiger partial charge >= 0.3 is 0 Å². The Morgan fingerprint density at radius 1 is 1.25 bits per heavy atom. The van der Waals surface area contributed by atoms with Crippen molar-refractivity contribution in [2.75, 3.05) is 19.6 Å². The van der Waals surface area contributed by atoms with E-state index in [9.17, 15) is 0 Å². The molecule has 4 rings (SSSR count). The summed E-state index contributed by atoms with van der Waals surface area (Å²) in [6.07, 6.45) is 0. The van der Waals surface area contributed by atoms with Gasteiger partial charge < -0.3 is 5.32 Å². The lowest BCUT2D eigenvalue weighted by atomic mass is 10.0. The molecule has 1 unspecified atom stereocenters. The van der Waals surface area contributed by atoms with Crippen molar-refractivity contribution < 1.29 is 0 Å². The molecule has 0 saturated carbocycles. The van der Waals surface area contributed by atoms with Crippen LogP contribution in [0.4, 0.5) is 0 Å². The number of hydrogen-bond acceptors (Lipinski definition) is 4. The lowest BCUT2D eigenvalue weighted by Gasteiger charge is -2.36. The fourth-order valence-corrected chi connectivity index (χ4v) is 3.60. The van der Waals surface area contributed by atoms with E-state index >= 15 is 0 Å². The van der Waals surface area contributed by atoms with Crippen LogP contribution in [-0.2, 0) is 13.6 Å². The van der Waals surface area contributed by atoms with Gasteiger partial charge in [0.1, 0.15) is 5.52 Å². The number of benzene rings is 2. The maximum Gasteiger partial charge on any atom is 0.113 e. The minimum absolute atomic E-state index is 0.329. The van der Waals surface area contributed by atoms with Crippen molar-refractivity contribution in [3.63, 3.8) is 0 Å². The first-order valence-electron chi connectivity index (χ1n) is 8.19. The van der Waals surface area contributed by atoms with E-state index in [1.165, 1.54) is 11.1 Å². The van der Waals surface area contributed by atoms with E-state index in [0.717, 1.165) is 42.2 Å². The second-order valence-corrected chi connectivity index (χ2v) is 6.72. The Morgan fingerprint density at radius 3 is 3.04 bits per heavy atom. The molecule has 124 valence electrons. The van der Waals surface area contributed by atoms with E-state index in [-0.39, 0.29) is 0 Å². The Bertz CT molecular complexity index is 859. The number of halogens is 1. The Kier molecular flexibility index (Phi) is 4.22. The van der Waals surface area contributed by atoms with Crippen LogP contribution < -0.4 is 5.32 Å². The fourth-order valence-electron chi connectivity index (χ4n) is 3.40. The van der Waals surface area contributed by atoms with Gasteiger partial charge in [-0.1, -0.05) is 35.0 Å². The van der Waals surface area contributed by atoms with E-state index in [1.807, 2.05) is 19.2 Å². The lowest BCUT2D eigenvalue weighted by molar-refractivity contribution is 0.154. The highest BCUT2D eigenvalue weighted by Crippen LogP contribution is 2.26. The molecule has 0 aliphatic carbocycles. The summed E-state index contributed by atoms with van der Waals surface area (Å²) in [7, 11) is 1.92. The number of hydrogen-bond donors (Lipinski definition) is 1. The van der Waals surface area contributed by atoms with Crippen LogP contribution in [0, 0.1) is 0 Å². The highest BCUT2D eigenvalue weighted by Gasteiger charge is 2.24. The third-order valence-corrected chi connectivity index (χ3v) is 4.88. The summed E-state index contributed by atoms with van der Waals surface area (Å²) in [5.41, 5.74) is 4.53. The number of aromatic nitrogens is 3. The van der Waals surface area contributed by atoms with E-state index in [4.69, 9.17) is 11.6 Å². The Balaban J connectivity index is 1.60. The van der Waals surface area contributed by atoms with Gasteiger partial charge in [0.05, 0.1) is 5.52 Å². The first-order chi connectivity index (χ1) is 11.7. The van der Waals surface area contributed by atoms with Gasteiger partial charge in [-0.05, 0) is 35.4 Å². The standard InChI is InChI=1S/C18H20ClN5/c1-23-17-6-5-13(9-16(17)21-22-23)12-24-8-7-20-11-18(24)14-3-2-4-15(19)10-14/h2-6,9-10,18,20H,7-8,11-12H2,1H3. The molecular formula is C18H20ClN5. The number of aryl methyl sites for hydroxylation is 1. The molecule has 5 nitrogen and oxygen atoms in total. The molecule has 1 fully saturated rings. The van der Waals surface area contributed by atoms with Gasteiger partial charge in [0.25, 0.3) is 0 Å². The summed E-state index contributed by atoms with van der Waals surface area (Å²) in [6, 6.07) is 14.9. The van der Waals surface area contributed by atoms with Crippen LogP contribution in [0.5, 0.6) is 0 Å². The molecule has 0 amide bonds. The van der Waals surface area contributed by atoms with Crippen molar-refractivity contribution in [3.05, 3.63) is 58.6 Å². The predicted molar refractivity (Wildman–Crippen MR) is 96.0 cm³/mol.